The maximum atomic E-state index is 5.46. The Morgan fingerprint density at radius 3 is 1.50 bits per heavy atom. The van der Waals surface area contributed by atoms with Crippen LogP contribution in [0.2, 0.25) is 0 Å². The number of ether oxygens (including phenoxy) is 4. The standard InChI is InChI=1S/C17H37NO4/c1-16(2)5-7-19-9-11-21-13-14-22-12-10-20-8-6-18-15-17(3)4/h16-18H,5-15H2,1-4H3. The molecule has 0 aliphatic rings. The van der Waals surface area contributed by atoms with Crippen molar-refractivity contribution in [2.45, 2.75) is 34.1 Å². The number of hydrogen-bond acceptors (Lipinski definition) is 5. The Kier molecular flexibility index (Phi) is 17.0. The third kappa shape index (κ3) is 19.8. The molecule has 0 radical (unpaired) electrons. The molecule has 0 spiro atoms. The van der Waals surface area contributed by atoms with E-state index < -0.39 is 0 Å². The van der Waals surface area contributed by atoms with Crippen molar-refractivity contribution in [2.75, 3.05) is 65.9 Å². The molecule has 0 amide bonds. The zero-order chi connectivity index (χ0) is 16.5. The van der Waals surface area contributed by atoms with Crippen molar-refractivity contribution in [1.29, 1.82) is 0 Å². The lowest BCUT2D eigenvalue weighted by Crippen LogP contribution is -2.24. The second kappa shape index (κ2) is 17.2. The summed E-state index contributed by atoms with van der Waals surface area (Å²) >= 11 is 0. The monoisotopic (exact) mass is 319 g/mol. The predicted molar refractivity (Wildman–Crippen MR) is 90.4 cm³/mol. The molecular formula is C17H37NO4. The molecule has 0 aromatic heterocycles. The fourth-order valence-electron chi connectivity index (χ4n) is 1.62. The van der Waals surface area contributed by atoms with E-state index in [1.165, 1.54) is 0 Å². The molecule has 0 heterocycles. The van der Waals surface area contributed by atoms with Crippen molar-refractivity contribution in [3.05, 3.63) is 0 Å². The molecule has 0 fully saturated rings. The quantitative estimate of drug-likeness (QED) is 0.417. The van der Waals surface area contributed by atoms with E-state index in [1.54, 1.807) is 0 Å². The van der Waals surface area contributed by atoms with Gasteiger partial charge in [-0.1, -0.05) is 27.7 Å². The van der Waals surface area contributed by atoms with Gasteiger partial charge in [0.1, 0.15) is 0 Å². The van der Waals surface area contributed by atoms with E-state index in [0.29, 0.717) is 51.5 Å². The summed E-state index contributed by atoms with van der Waals surface area (Å²) in [5, 5.41) is 3.33. The van der Waals surface area contributed by atoms with Crippen molar-refractivity contribution in [3.8, 4) is 0 Å². The number of rotatable bonds is 17. The second-order valence-corrected chi connectivity index (χ2v) is 6.23. The highest BCUT2D eigenvalue weighted by molar-refractivity contribution is 4.49. The van der Waals surface area contributed by atoms with E-state index in [0.717, 1.165) is 32.7 Å². The highest BCUT2D eigenvalue weighted by Crippen LogP contribution is 1.98. The van der Waals surface area contributed by atoms with Crippen LogP contribution < -0.4 is 5.32 Å². The molecule has 134 valence electrons. The van der Waals surface area contributed by atoms with Crippen LogP contribution in [-0.4, -0.2) is 65.9 Å². The average Bonchev–Trinajstić information content (AvgIpc) is 2.46. The second-order valence-electron chi connectivity index (χ2n) is 6.23. The van der Waals surface area contributed by atoms with Crippen LogP contribution in [0.4, 0.5) is 0 Å². The lowest BCUT2D eigenvalue weighted by atomic mass is 10.1. The summed E-state index contributed by atoms with van der Waals surface area (Å²) in [6, 6.07) is 0. The van der Waals surface area contributed by atoms with Gasteiger partial charge in [0, 0.05) is 13.2 Å². The van der Waals surface area contributed by atoms with Crippen LogP contribution in [0.5, 0.6) is 0 Å². The molecular weight excluding hydrogens is 282 g/mol. The fraction of sp³-hybridized carbons (Fsp3) is 1.00. The Morgan fingerprint density at radius 1 is 0.591 bits per heavy atom. The molecule has 5 heteroatoms. The van der Waals surface area contributed by atoms with E-state index in [-0.39, 0.29) is 0 Å². The van der Waals surface area contributed by atoms with E-state index in [4.69, 9.17) is 18.9 Å². The smallest absolute Gasteiger partial charge is 0.0701 e. The first-order valence-electron chi connectivity index (χ1n) is 8.64. The normalized spacial score (nSPS) is 11.7. The Labute approximate surface area is 137 Å². The average molecular weight is 319 g/mol. The van der Waals surface area contributed by atoms with Gasteiger partial charge in [0.05, 0.1) is 46.2 Å². The van der Waals surface area contributed by atoms with Gasteiger partial charge in [-0.2, -0.15) is 0 Å². The summed E-state index contributed by atoms with van der Waals surface area (Å²) in [5.74, 6) is 1.38. The summed E-state index contributed by atoms with van der Waals surface area (Å²) < 4.78 is 21.8. The van der Waals surface area contributed by atoms with Gasteiger partial charge in [-0.3, -0.25) is 0 Å². The third-order valence-corrected chi connectivity index (χ3v) is 2.93. The van der Waals surface area contributed by atoms with Gasteiger partial charge in [-0.15, -0.1) is 0 Å². The summed E-state index contributed by atoms with van der Waals surface area (Å²) in [4.78, 5) is 0. The van der Waals surface area contributed by atoms with Crippen molar-refractivity contribution in [3.63, 3.8) is 0 Å². The molecule has 1 N–H and O–H groups in total. The van der Waals surface area contributed by atoms with Crippen LogP contribution in [0.3, 0.4) is 0 Å². The lowest BCUT2D eigenvalue weighted by Gasteiger charge is -2.09. The Hall–Kier alpha value is -0.200. The van der Waals surface area contributed by atoms with Crippen LogP contribution in [-0.2, 0) is 18.9 Å². The van der Waals surface area contributed by atoms with E-state index >= 15 is 0 Å². The van der Waals surface area contributed by atoms with Gasteiger partial charge >= 0.3 is 0 Å². The zero-order valence-electron chi connectivity index (χ0n) is 15.1. The maximum Gasteiger partial charge on any atom is 0.0701 e. The number of nitrogens with one attached hydrogen (secondary N) is 1. The Morgan fingerprint density at radius 2 is 1.05 bits per heavy atom. The van der Waals surface area contributed by atoms with Crippen LogP contribution in [0.1, 0.15) is 34.1 Å². The largest absolute Gasteiger partial charge is 0.379 e. The first kappa shape index (κ1) is 21.8. The highest BCUT2D eigenvalue weighted by atomic mass is 16.6. The number of hydrogen-bond donors (Lipinski definition) is 1. The Balaban J connectivity index is 2.97. The molecule has 22 heavy (non-hydrogen) atoms. The maximum absolute atomic E-state index is 5.46. The highest BCUT2D eigenvalue weighted by Gasteiger charge is 1.95. The molecule has 0 aliphatic carbocycles. The van der Waals surface area contributed by atoms with Gasteiger partial charge in [-0.25, -0.2) is 0 Å². The first-order valence-corrected chi connectivity index (χ1v) is 8.64. The Bertz CT molecular complexity index is 191. The lowest BCUT2D eigenvalue weighted by molar-refractivity contribution is -0.00240. The fourth-order valence-corrected chi connectivity index (χ4v) is 1.62. The summed E-state index contributed by atoms with van der Waals surface area (Å²) in [7, 11) is 0. The van der Waals surface area contributed by atoms with E-state index in [9.17, 15) is 0 Å². The summed E-state index contributed by atoms with van der Waals surface area (Å²) in [6.07, 6.45) is 1.11. The molecule has 0 rings (SSSR count). The van der Waals surface area contributed by atoms with Crippen LogP contribution in [0.15, 0.2) is 0 Å². The molecule has 0 saturated carbocycles. The van der Waals surface area contributed by atoms with Crippen LogP contribution in [0, 0.1) is 11.8 Å². The zero-order valence-corrected chi connectivity index (χ0v) is 15.1. The van der Waals surface area contributed by atoms with Gasteiger partial charge in [0.25, 0.3) is 0 Å². The van der Waals surface area contributed by atoms with Crippen molar-refractivity contribution < 1.29 is 18.9 Å². The summed E-state index contributed by atoms with van der Waals surface area (Å²) in [6.45, 7) is 16.1. The minimum atomic E-state index is 0.612. The van der Waals surface area contributed by atoms with Gasteiger partial charge in [-0.05, 0) is 24.8 Å². The van der Waals surface area contributed by atoms with Gasteiger partial charge in [0.15, 0.2) is 0 Å². The topological polar surface area (TPSA) is 49.0 Å². The molecule has 0 aromatic carbocycles. The van der Waals surface area contributed by atoms with Crippen molar-refractivity contribution in [2.24, 2.45) is 11.8 Å². The van der Waals surface area contributed by atoms with Crippen molar-refractivity contribution >= 4 is 0 Å². The van der Waals surface area contributed by atoms with E-state index in [1.807, 2.05) is 0 Å². The molecule has 0 bridgehead atoms. The van der Waals surface area contributed by atoms with Crippen molar-refractivity contribution in [1.82, 2.24) is 5.32 Å². The van der Waals surface area contributed by atoms with Gasteiger partial charge < -0.3 is 24.3 Å². The van der Waals surface area contributed by atoms with Gasteiger partial charge in [0.2, 0.25) is 0 Å². The molecule has 0 aliphatic heterocycles. The SMILES string of the molecule is CC(C)CCOCCOCCOCCOCCNCC(C)C. The molecule has 0 aromatic rings. The minimum absolute atomic E-state index is 0.612. The van der Waals surface area contributed by atoms with Crippen LogP contribution in [0.25, 0.3) is 0 Å². The first-order chi connectivity index (χ1) is 10.6. The van der Waals surface area contributed by atoms with E-state index in [2.05, 4.69) is 33.0 Å². The molecule has 5 nitrogen and oxygen atoms in total. The minimum Gasteiger partial charge on any atom is -0.379 e. The molecule has 0 atom stereocenters. The molecule has 0 unspecified atom stereocenters. The molecule has 0 saturated heterocycles. The summed E-state index contributed by atoms with van der Waals surface area (Å²) in [5.41, 5.74) is 0. The third-order valence-electron chi connectivity index (χ3n) is 2.93. The predicted octanol–water partition coefficient (Wildman–Crippen LogP) is 2.34. The van der Waals surface area contributed by atoms with Crippen LogP contribution >= 0.6 is 0 Å².